The van der Waals surface area contributed by atoms with Crippen LogP contribution in [-0.2, 0) is 13.2 Å². The first-order valence-electron chi connectivity index (χ1n) is 11.5. The predicted molar refractivity (Wildman–Crippen MR) is 109 cm³/mol. The number of hydrogen-bond donors (Lipinski definition) is 1. The SMILES string of the molecule is Cn1nc([C@H]2CC[C@H]3[C@@H]4CC=C5C[C@H](O)CC[C@]5(C)[C@H]4CC[C@]23C)cc1C(F)(F)F. The van der Waals surface area contributed by atoms with E-state index in [9.17, 15) is 18.3 Å². The maximum atomic E-state index is 13.3. The van der Waals surface area contributed by atoms with Gasteiger partial charge in [-0.3, -0.25) is 4.68 Å². The standard InChI is InChI=1S/C24H33F3N2O/c1-22-10-8-15(30)12-14(22)4-5-16-17-6-7-19(23(17,2)11-9-18(16)22)20-13-21(24(25,26)27)29(3)28-20/h4,13,15-19,30H,5-12H2,1-3H3/t15-,16+,17+,18+,19-,22+,23+/m1/s1. The Morgan fingerprint density at radius 3 is 2.57 bits per heavy atom. The van der Waals surface area contributed by atoms with Crippen LogP contribution in [0.5, 0.6) is 0 Å². The van der Waals surface area contributed by atoms with Crippen molar-refractivity contribution in [1.82, 2.24) is 9.78 Å². The van der Waals surface area contributed by atoms with Crippen molar-refractivity contribution in [3.8, 4) is 0 Å². The number of aliphatic hydroxyl groups is 1. The molecule has 0 bridgehead atoms. The fraction of sp³-hybridized carbons (Fsp3) is 0.792. The maximum Gasteiger partial charge on any atom is 0.433 e. The van der Waals surface area contributed by atoms with Crippen molar-refractivity contribution in [2.45, 2.75) is 83.4 Å². The van der Waals surface area contributed by atoms with E-state index in [-0.39, 0.29) is 22.9 Å². The molecule has 0 spiro atoms. The highest BCUT2D eigenvalue weighted by Crippen LogP contribution is 2.67. The molecule has 3 fully saturated rings. The third kappa shape index (κ3) is 2.85. The van der Waals surface area contributed by atoms with Gasteiger partial charge in [-0.2, -0.15) is 18.3 Å². The predicted octanol–water partition coefficient (Wildman–Crippen LogP) is 5.85. The Bertz CT molecular complexity index is 874. The van der Waals surface area contributed by atoms with Gasteiger partial charge in [0.05, 0.1) is 11.8 Å². The first-order valence-corrected chi connectivity index (χ1v) is 11.5. The molecule has 3 saturated carbocycles. The van der Waals surface area contributed by atoms with E-state index in [1.807, 2.05) is 0 Å². The number of halogens is 3. The minimum absolute atomic E-state index is 0.0221. The Labute approximate surface area is 176 Å². The average molecular weight is 423 g/mol. The Morgan fingerprint density at radius 2 is 1.87 bits per heavy atom. The van der Waals surface area contributed by atoms with E-state index in [4.69, 9.17) is 0 Å². The topological polar surface area (TPSA) is 38.0 Å². The Morgan fingerprint density at radius 1 is 1.10 bits per heavy atom. The zero-order chi connectivity index (χ0) is 21.5. The van der Waals surface area contributed by atoms with E-state index >= 15 is 0 Å². The van der Waals surface area contributed by atoms with E-state index < -0.39 is 11.9 Å². The smallest absolute Gasteiger partial charge is 0.393 e. The number of hydrogen-bond acceptors (Lipinski definition) is 2. The van der Waals surface area contributed by atoms with E-state index in [1.165, 1.54) is 18.7 Å². The number of aryl methyl sites for hydroxylation is 1. The molecule has 6 heteroatoms. The summed E-state index contributed by atoms with van der Waals surface area (Å²) in [6.07, 6.45) is 5.89. The number of aromatic nitrogens is 2. The van der Waals surface area contributed by atoms with Crippen molar-refractivity contribution in [2.24, 2.45) is 35.6 Å². The van der Waals surface area contributed by atoms with Crippen LogP contribution in [0.25, 0.3) is 0 Å². The first kappa shape index (κ1) is 20.6. The molecule has 0 saturated heterocycles. The highest BCUT2D eigenvalue weighted by atomic mass is 19.4. The second kappa shape index (κ2) is 6.60. The molecule has 0 aromatic carbocycles. The van der Waals surface area contributed by atoms with Crippen LogP contribution in [0, 0.1) is 28.6 Å². The minimum atomic E-state index is -4.36. The highest BCUT2D eigenvalue weighted by Gasteiger charge is 2.59. The van der Waals surface area contributed by atoms with Gasteiger partial charge in [-0.1, -0.05) is 25.5 Å². The van der Waals surface area contributed by atoms with Crippen LogP contribution in [0.1, 0.15) is 82.5 Å². The molecule has 0 aliphatic heterocycles. The summed E-state index contributed by atoms with van der Waals surface area (Å²) in [4.78, 5) is 0. The van der Waals surface area contributed by atoms with Crippen molar-refractivity contribution in [3.05, 3.63) is 29.1 Å². The van der Waals surface area contributed by atoms with E-state index in [2.05, 4.69) is 25.0 Å². The number of aliphatic hydroxyl groups excluding tert-OH is 1. The second-order valence-corrected chi connectivity index (χ2v) is 10.9. The van der Waals surface area contributed by atoms with Crippen LogP contribution >= 0.6 is 0 Å². The fourth-order valence-corrected chi connectivity index (χ4v) is 8.05. The Balaban J connectivity index is 1.45. The summed E-state index contributed by atoms with van der Waals surface area (Å²) in [5.74, 6) is 1.89. The summed E-state index contributed by atoms with van der Waals surface area (Å²) in [5.41, 5.74) is 1.66. The van der Waals surface area contributed by atoms with Crippen LogP contribution in [0.3, 0.4) is 0 Å². The van der Waals surface area contributed by atoms with E-state index in [0.717, 1.165) is 56.0 Å². The van der Waals surface area contributed by atoms with Crippen LogP contribution < -0.4 is 0 Å². The summed E-state index contributed by atoms with van der Waals surface area (Å²) in [5, 5.41) is 14.5. The van der Waals surface area contributed by atoms with Crippen LogP contribution in [-0.4, -0.2) is 21.0 Å². The van der Waals surface area contributed by atoms with Crippen molar-refractivity contribution < 1.29 is 18.3 Å². The van der Waals surface area contributed by atoms with Crippen molar-refractivity contribution >= 4 is 0 Å². The first-order chi connectivity index (χ1) is 14.0. The Kier molecular flexibility index (Phi) is 4.53. The van der Waals surface area contributed by atoms with Gasteiger partial charge in [0.15, 0.2) is 0 Å². The number of fused-ring (bicyclic) bond motifs is 5. The van der Waals surface area contributed by atoms with E-state index in [1.54, 1.807) is 0 Å². The zero-order valence-corrected chi connectivity index (χ0v) is 18.2. The summed E-state index contributed by atoms with van der Waals surface area (Å²) in [6, 6.07) is 1.30. The molecule has 166 valence electrons. The molecule has 30 heavy (non-hydrogen) atoms. The maximum absolute atomic E-state index is 13.3. The Hall–Kier alpha value is -1.30. The molecule has 3 nitrogen and oxygen atoms in total. The lowest BCUT2D eigenvalue weighted by Crippen LogP contribution is -2.50. The van der Waals surface area contributed by atoms with Gasteiger partial charge in [0.2, 0.25) is 0 Å². The minimum Gasteiger partial charge on any atom is -0.393 e. The zero-order valence-electron chi connectivity index (χ0n) is 18.2. The molecule has 5 rings (SSSR count). The molecule has 0 radical (unpaired) electrons. The van der Waals surface area contributed by atoms with Crippen molar-refractivity contribution in [1.29, 1.82) is 0 Å². The molecule has 1 aromatic rings. The van der Waals surface area contributed by atoms with Gasteiger partial charge in [0.25, 0.3) is 0 Å². The summed E-state index contributed by atoms with van der Waals surface area (Å²) in [7, 11) is 1.41. The van der Waals surface area contributed by atoms with Crippen LogP contribution in [0.4, 0.5) is 13.2 Å². The van der Waals surface area contributed by atoms with Gasteiger partial charge in [0, 0.05) is 13.0 Å². The molecule has 1 N–H and O–H groups in total. The molecule has 4 aliphatic carbocycles. The summed E-state index contributed by atoms with van der Waals surface area (Å²) >= 11 is 0. The molecular formula is C24H33F3N2O. The molecular weight excluding hydrogens is 389 g/mol. The number of nitrogens with zero attached hydrogens (tertiary/aromatic N) is 2. The number of allylic oxidation sites excluding steroid dienone is 1. The second-order valence-electron chi connectivity index (χ2n) is 10.9. The van der Waals surface area contributed by atoms with Crippen LogP contribution in [0.15, 0.2) is 17.7 Å². The molecule has 1 heterocycles. The summed E-state index contributed by atoms with van der Waals surface area (Å²) < 4.78 is 41.0. The lowest BCUT2D eigenvalue weighted by molar-refractivity contribution is -0.143. The van der Waals surface area contributed by atoms with Crippen molar-refractivity contribution in [2.75, 3.05) is 0 Å². The largest absolute Gasteiger partial charge is 0.433 e. The highest BCUT2D eigenvalue weighted by molar-refractivity contribution is 5.28. The molecule has 7 atom stereocenters. The summed E-state index contributed by atoms with van der Waals surface area (Å²) in [6.45, 7) is 4.73. The monoisotopic (exact) mass is 422 g/mol. The normalized spacial score (nSPS) is 43.6. The van der Waals surface area contributed by atoms with Gasteiger partial charge in [-0.05, 0) is 86.0 Å². The number of rotatable bonds is 1. The third-order valence-corrected chi connectivity index (χ3v) is 9.62. The quantitative estimate of drug-likeness (QED) is 0.577. The average Bonchev–Trinajstić information content (AvgIpc) is 3.21. The molecule has 1 aromatic heterocycles. The van der Waals surface area contributed by atoms with Gasteiger partial charge in [-0.15, -0.1) is 0 Å². The van der Waals surface area contributed by atoms with Gasteiger partial charge < -0.3 is 5.11 Å². The molecule has 0 amide bonds. The molecule has 4 aliphatic rings. The van der Waals surface area contributed by atoms with E-state index in [0.29, 0.717) is 23.4 Å². The van der Waals surface area contributed by atoms with Gasteiger partial charge in [-0.25, -0.2) is 0 Å². The van der Waals surface area contributed by atoms with Gasteiger partial charge in [0.1, 0.15) is 5.69 Å². The fourth-order valence-electron chi connectivity index (χ4n) is 8.05. The lowest BCUT2D eigenvalue weighted by atomic mass is 9.47. The lowest BCUT2D eigenvalue weighted by Gasteiger charge is -2.58. The number of alkyl halides is 3. The van der Waals surface area contributed by atoms with Crippen LogP contribution in [0.2, 0.25) is 0 Å². The van der Waals surface area contributed by atoms with Gasteiger partial charge >= 0.3 is 6.18 Å². The third-order valence-electron chi connectivity index (χ3n) is 9.62. The molecule has 0 unspecified atom stereocenters. The van der Waals surface area contributed by atoms with Crippen molar-refractivity contribution in [3.63, 3.8) is 0 Å².